The largest absolute Gasteiger partial charge is 0.414 e. The molecule has 2 aliphatic rings. The Morgan fingerprint density at radius 3 is 2.24 bits per heavy atom. The smallest absolute Gasteiger partial charge is 0.192 e. The third kappa shape index (κ3) is 6.75. The number of unbranched alkanes of at least 4 members (excludes halogenated alkanes) is 5. The van der Waals surface area contributed by atoms with Crippen molar-refractivity contribution < 1.29 is 19.0 Å². The molecule has 172 valence electrons. The van der Waals surface area contributed by atoms with E-state index in [1.807, 2.05) is 13.8 Å². The lowest BCUT2D eigenvalue weighted by molar-refractivity contribution is -0.160. The Morgan fingerprint density at radius 2 is 1.62 bits per heavy atom. The minimum Gasteiger partial charge on any atom is -0.414 e. The molecule has 0 spiro atoms. The summed E-state index contributed by atoms with van der Waals surface area (Å²) in [6.07, 6.45) is 8.08. The van der Waals surface area contributed by atoms with Gasteiger partial charge in [-0.2, -0.15) is 0 Å². The molecule has 2 N–H and O–H groups in total. The van der Waals surface area contributed by atoms with Crippen LogP contribution in [0.25, 0.3) is 0 Å². The molecule has 2 saturated heterocycles. The molecule has 2 aliphatic heterocycles. The lowest BCUT2D eigenvalue weighted by Crippen LogP contribution is -2.50. The van der Waals surface area contributed by atoms with E-state index in [1.165, 1.54) is 38.5 Å². The SMILES string of the molecule is CCCCCCCC[C@@H]1N[C@@H]([C@H](O)CO[Si](C)(C)C(C)(C)C)[C@@H]2OC(C)(C)O[C@@H]21. The average Bonchev–Trinajstić information content (AvgIpc) is 3.08. The number of aliphatic hydroxyl groups excluding tert-OH is 1. The van der Waals surface area contributed by atoms with Gasteiger partial charge in [-0.05, 0) is 38.4 Å². The molecule has 0 bridgehead atoms. The van der Waals surface area contributed by atoms with Crippen LogP contribution in [0.15, 0.2) is 0 Å². The van der Waals surface area contributed by atoms with Gasteiger partial charge in [0.2, 0.25) is 0 Å². The fraction of sp³-hybridized carbons (Fsp3) is 1.00. The van der Waals surface area contributed by atoms with Crippen LogP contribution in [-0.2, 0) is 13.9 Å². The number of rotatable bonds is 11. The van der Waals surface area contributed by atoms with Crippen molar-refractivity contribution in [3.63, 3.8) is 0 Å². The van der Waals surface area contributed by atoms with E-state index < -0.39 is 20.2 Å². The molecule has 5 atom stereocenters. The van der Waals surface area contributed by atoms with Crippen LogP contribution >= 0.6 is 0 Å². The first-order valence-corrected chi connectivity index (χ1v) is 14.7. The monoisotopic (exact) mass is 429 g/mol. The highest BCUT2D eigenvalue weighted by molar-refractivity contribution is 6.74. The third-order valence-corrected chi connectivity index (χ3v) is 11.5. The number of ether oxygens (including phenoxy) is 2. The Morgan fingerprint density at radius 1 is 1.03 bits per heavy atom. The van der Waals surface area contributed by atoms with Crippen LogP contribution in [0.5, 0.6) is 0 Å². The van der Waals surface area contributed by atoms with Crippen molar-refractivity contribution >= 4 is 8.32 Å². The number of hydrogen-bond donors (Lipinski definition) is 2. The van der Waals surface area contributed by atoms with Crippen molar-refractivity contribution in [2.75, 3.05) is 6.61 Å². The summed E-state index contributed by atoms with van der Waals surface area (Å²) in [7, 11) is -1.89. The van der Waals surface area contributed by atoms with Crippen molar-refractivity contribution in [2.24, 2.45) is 0 Å². The summed E-state index contributed by atoms with van der Waals surface area (Å²) in [5.41, 5.74) is 0. The van der Waals surface area contributed by atoms with Gasteiger partial charge in [0.25, 0.3) is 0 Å². The van der Waals surface area contributed by atoms with Crippen molar-refractivity contribution in [1.29, 1.82) is 0 Å². The fourth-order valence-electron chi connectivity index (χ4n) is 4.18. The molecule has 5 nitrogen and oxygen atoms in total. The first kappa shape index (κ1) is 25.3. The summed E-state index contributed by atoms with van der Waals surface area (Å²) in [5, 5.41) is 14.8. The van der Waals surface area contributed by atoms with Crippen molar-refractivity contribution in [3.05, 3.63) is 0 Å². The molecule has 0 unspecified atom stereocenters. The molecule has 2 heterocycles. The second kappa shape index (κ2) is 10.1. The van der Waals surface area contributed by atoms with Gasteiger partial charge in [0, 0.05) is 6.04 Å². The summed E-state index contributed by atoms with van der Waals surface area (Å²) >= 11 is 0. The topological polar surface area (TPSA) is 60.0 Å². The van der Waals surface area contributed by atoms with E-state index in [0.29, 0.717) is 6.61 Å². The Labute approximate surface area is 180 Å². The van der Waals surface area contributed by atoms with E-state index in [0.717, 1.165) is 6.42 Å². The summed E-state index contributed by atoms with van der Waals surface area (Å²) in [5.74, 6) is -0.588. The Hall–Kier alpha value is 0.0169. The molecule has 0 aromatic heterocycles. The molecule has 0 saturated carbocycles. The average molecular weight is 430 g/mol. The molecular weight excluding hydrogens is 382 g/mol. The van der Waals surface area contributed by atoms with Gasteiger partial charge in [0.15, 0.2) is 14.1 Å². The molecule has 0 amide bonds. The highest BCUT2D eigenvalue weighted by atomic mass is 28.4. The van der Waals surface area contributed by atoms with Gasteiger partial charge in [-0.1, -0.05) is 66.2 Å². The Kier molecular flexibility index (Phi) is 8.80. The van der Waals surface area contributed by atoms with Crippen LogP contribution in [-0.4, -0.2) is 56.2 Å². The van der Waals surface area contributed by atoms with Crippen LogP contribution in [0.3, 0.4) is 0 Å². The third-order valence-electron chi connectivity index (χ3n) is 7.02. The van der Waals surface area contributed by atoms with E-state index in [4.69, 9.17) is 13.9 Å². The molecule has 6 heteroatoms. The second-order valence-electron chi connectivity index (χ2n) is 11.1. The van der Waals surface area contributed by atoms with Crippen molar-refractivity contribution in [2.45, 2.75) is 141 Å². The van der Waals surface area contributed by atoms with Crippen LogP contribution in [0.1, 0.15) is 86.5 Å². The molecule has 2 fully saturated rings. The summed E-state index contributed by atoms with van der Waals surface area (Å²) in [6.45, 7) is 17.7. The van der Waals surface area contributed by atoms with Gasteiger partial charge in [0.05, 0.1) is 18.8 Å². The maximum Gasteiger partial charge on any atom is 0.192 e. The van der Waals surface area contributed by atoms with Crippen LogP contribution in [0.2, 0.25) is 18.1 Å². The highest BCUT2D eigenvalue weighted by Gasteiger charge is 2.55. The van der Waals surface area contributed by atoms with Gasteiger partial charge < -0.3 is 24.3 Å². The predicted octanol–water partition coefficient (Wildman–Crippen LogP) is 4.98. The number of fused-ring (bicyclic) bond motifs is 1. The maximum atomic E-state index is 11.0. The van der Waals surface area contributed by atoms with Gasteiger partial charge in [0.1, 0.15) is 12.2 Å². The number of aliphatic hydroxyl groups is 1. The van der Waals surface area contributed by atoms with Gasteiger partial charge in [-0.3, -0.25) is 0 Å². The number of nitrogens with one attached hydrogen (secondary N) is 1. The van der Waals surface area contributed by atoms with E-state index in [-0.39, 0.29) is 29.3 Å². The predicted molar refractivity (Wildman–Crippen MR) is 122 cm³/mol. The lowest BCUT2D eigenvalue weighted by atomic mass is 10.0. The number of hydrogen-bond acceptors (Lipinski definition) is 5. The second-order valence-corrected chi connectivity index (χ2v) is 15.9. The van der Waals surface area contributed by atoms with Crippen LogP contribution in [0, 0.1) is 0 Å². The van der Waals surface area contributed by atoms with Crippen molar-refractivity contribution in [3.8, 4) is 0 Å². The standard InChI is InChI=1S/C23H47NO4Si/c1-9-10-11-12-13-14-15-17-20-21(28-23(5,6)27-20)19(24-17)18(25)16-26-29(7,8)22(2,3)4/h17-21,24-25H,9-16H2,1-8H3/t17-,18+,19-,20+,21-/m0/s1. The molecule has 2 rings (SSSR count). The summed E-state index contributed by atoms with van der Waals surface area (Å²) < 4.78 is 18.7. The minimum absolute atomic E-state index is 0.00756. The first-order valence-electron chi connectivity index (χ1n) is 11.8. The summed E-state index contributed by atoms with van der Waals surface area (Å²) in [6, 6.07) is 0.0945. The fourth-order valence-corrected chi connectivity index (χ4v) is 5.20. The zero-order chi connectivity index (χ0) is 21.9. The minimum atomic E-state index is -1.89. The van der Waals surface area contributed by atoms with Crippen LogP contribution < -0.4 is 5.32 Å². The van der Waals surface area contributed by atoms with E-state index in [2.05, 4.69) is 46.1 Å². The molecule has 29 heavy (non-hydrogen) atoms. The highest BCUT2D eigenvalue weighted by Crippen LogP contribution is 2.39. The van der Waals surface area contributed by atoms with Crippen LogP contribution in [0.4, 0.5) is 0 Å². The van der Waals surface area contributed by atoms with E-state index in [1.54, 1.807) is 0 Å². The quantitative estimate of drug-likeness (QED) is 0.358. The normalized spacial score (nSPS) is 30.5. The lowest BCUT2D eigenvalue weighted by Gasteiger charge is -2.37. The molecule has 0 radical (unpaired) electrons. The van der Waals surface area contributed by atoms with Crippen molar-refractivity contribution in [1.82, 2.24) is 5.32 Å². The maximum absolute atomic E-state index is 11.0. The van der Waals surface area contributed by atoms with Gasteiger partial charge in [-0.15, -0.1) is 0 Å². The molecular formula is C23H47NO4Si. The van der Waals surface area contributed by atoms with E-state index in [9.17, 15) is 5.11 Å². The zero-order valence-electron chi connectivity index (χ0n) is 20.2. The zero-order valence-corrected chi connectivity index (χ0v) is 21.2. The molecule has 0 aromatic carbocycles. The molecule has 0 aromatic rings. The van der Waals surface area contributed by atoms with Gasteiger partial charge >= 0.3 is 0 Å². The van der Waals surface area contributed by atoms with E-state index >= 15 is 0 Å². The van der Waals surface area contributed by atoms with Gasteiger partial charge in [-0.25, -0.2) is 0 Å². The first-order chi connectivity index (χ1) is 13.4. The Bertz CT molecular complexity index is 506. The molecule has 0 aliphatic carbocycles. The Balaban J connectivity index is 1.92. The summed E-state index contributed by atoms with van der Waals surface area (Å²) in [4.78, 5) is 0.